The van der Waals surface area contributed by atoms with Crippen molar-refractivity contribution in [2.45, 2.75) is 123 Å². The van der Waals surface area contributed by atoms with Gasteiger partial charge in [0.2, 0.25) is 23.6 Å². The number of aromatic nitrogens is 4. The molecular weight excluding hydrogens is 1230 g/mol. The number of H-pyrrole nitrogens is 1. The molecule has 512 valence electrons. The normalized spacial score (nSPS) is 19.1. The average molecular weight is 1330 g/mol. The van der Waals surface area contributed by atoms with Gasteiger partial charge in [0.05, 0.1) is 23.7 Å². The number of nitrogens with one attached hydrogen (secondary N) is 4. The van der Waals surface area contributed by atoms with E-state index in [9.17, 15) is 33.6 Å². The lowest BCUT2D eigenvalue weighted by Gasteiger charge is -2.42. The summed E-state index contributed by atoms with van der Waals surface area (Å²) in [7, 11) is 1.76. The number of fused-ring (bicyclic) bond motifs is 1. The highest BCUT2D eigenvalue weighted by Gasteiger charge is 2.45. The first kappa shape index (κ1) is 69.9. The molecular formula is C70H96ClN15O9. The van der Waals surface area contributed by atoms with E-state index in [-0.39, 0.29) is 60.4 Å². The molecule has 3 aromatic heterocycles. The molecule has 2 unspecified atom stereocenters. The molecule has 10 rings (SSSR count). The molecule has 5 aromatic rings. The summed E-state index contributed by atoms with van der Waals surface area (Å²) in [6.07, 6.45) is 8.30. The fraction of sp³-hybridized carbons (Fsp3) is 0.571. The summed E-state index contributed by atoms with van der Waals surface area (Å²) in [5.74, 6) is 0.00978. The standard InChI is InChI=1S/C70H96ClN15O9/c1-9-48-11-10-12-52(39-48)53-41-57(76-58(87)45-86(67(93)95-69(5,6)7)44-50-18-25-79(8)59(88)40-50)61(73-42-53)64(90)85-27-19-49(20-28-85)43-81-31-33-82(34-32-81)46-60(89)83-37-35-80(36-38-83)26-21-56(51-13-15-54(71)16-14-51)77-65(91)70(78-66(92)94-68(2,3)4)22-29-84(30-23-70)63-55-17-24-72-62(55)74-47-75-63/h10-17,24,39,41-42,47,49-50,56H,9,18-23,25-38,40,43-46H2,1-8H3,(H,76,87)(H,77,91)(H,78,92)(H,72,74,75). The molecule has 4 N–H and O–H groups in total. The van der Waals surface area contributed by atoms with Crippen LogP contribution < -0.4 is 20.9 Å². The van der Waals surface area contributed by atoms with Gasteiger partial charge in [0, 0.05) is 141 Å². The highest BCUT2D eigenvalue weighted by Crippen LogP contribution is 2.33. The van der Waals surface area contributed by atoms with Crippen LogP contribution in [0.15, 0.2) is 79.4 Å². The second-order valence-corrected chi connectivity index (χ2v) is 28.7. The molecule has 95 heavy (non-hydrogen) atoms. The summed E-state index contributed by atoms with van der Waals surface area (Å²) < 4.78 is 11.5. The van der Waals surface area contributed by atoms with Crippen molar-refractivity contribution in [1.29, 1.82) is 0 Å². The van der Waals surface area contributed by atoms with Gasteiger partial charge in [-0.3, -0.25) is 38.7 Å². The first-order valence-electron chi connectivity index (χ1n) is 33.8. The number of carbonyl (C=O) groups excluding carboxylic acids is 7. The summed E-state index contributed by atoms with van der Waals surface area (Å²) in [5, 5.41) is 10.8. The number of anilines is 2. The molecule has 0 bridgehead atoms. The zero-order valence-electron chi connectivity index (χ0n) is 56.6. The number of likely N-dealkylation sites (tertiary alicyclic amines) is 2. The zero-order valence-corrected chi connectivity index (χ0v) is 57.3. The highest BCUT2D eigenvalue weighted by atomic mass is 35.5. The summed E-state index contributed by atoms with van der Waals surface area (Å²) in [5.41, 5.74) is 1.90. The number of benzene rings is 2. The van der Waals surface area contributed by atoms with E-state index >= 15 is 0 Å². The van der Waals surface area contributed by atoms with Crippen molar-refractivity contribution in [3.8, 4) is 11.1 Å². The number of amides is 7. The van der Waals surface area contributed by atoms with Gasteiger partial charge in [0.15, 0.2) is 5.69 Å². The Hall–Kier alpha value is -7.93. The number of ether oxygens (including phenoxy) is 2. The number of rotatable bonds is 20. The minimum Gasteiger partial charge on any atom is -0.444 e. The van der Waals surface area contributed by atoms with E-state index in [2.05, 4.69) is 63.5 Å². The molecule has 5 aliphatic heterocycles. The molecule has 24 nitrogen and oxygen atoms in total. The third-order valence-electron chi connectivity index (χ3n) is 19.0. The molecule has 7 amide bonds. The van der Waals surface area contributed by atoms with Crippen molar-refractivity contribution in [2.75, 3.05) is 135 Å². The van der Waals surface area contributed by atoms with Gasteiger partial charge < -0.3 is 54.9 Å². The summed E-state index contributed by atoms with van der Waals surface area (Å²) in [6.45, 7) is 22.8. The van der Waals surface area contributed by atoms with Crippen LogP contribution in [0.2, 0.25) is 5.02 Å². The number of pyridine rings is 1. The van der Waals surface area contributed by atoms with E-state index in [0.717, 1.165) is 91.1 Å². The van der Waals surface area contributed by atoms with E-state index in [4.69, 9.17) is 26.1 Å². The monoisotopic (exact) mass is 1330 g/mol. The highest BCUT2D eigenvalue weighted by molar-refractivity contribution is 6.30. The Bertz CT molecular complexity index is 3510. The first-order chi connectivity index (χ1) is 45.4. The van der Waals surface area contributed by atoms with Gasteiger partial charge >= 0.3 is 12.2 Å². The largest absolute Gasteiger partial charge is 0.444 e. The average Bonchev–Trinajstić information content (AvgIpc) is 1.70. The molecule has 0 spiro atoms. The number of carbonyl (C=O) groups is 7. The maximum absolute atomic E-state index is 14.8. The van der Waals surface area contributed by atoms with Crippen LogP contribution in [-0.2, 0) is 35.1 Å². The van der Waals surface area contributed by atoms with Gasteiger partial charge in [-0.2, -0.15) is 0 Å². The third kappa shape index (κ3) is 18.8. The number of piperidine rings is 3. The van der Waals surface area contributed by atoms with Crippen molar-refractivity contribution in [3.63, 3.8) is 0 Å². The fourth-order valence-corrected chi connectivity index (χ4v) is 13.6. The second kappa shape index (κ2) is 30.9. The van der Waals surface area contributed by atoms with E-state index in [1.165, 1.54) is 11.2 Å². The molecule has 5 aliphatic rings. The van der Waals surface area contributed by atoms with Gasteiger partial charge in [-0.25, -0.2) is 24.5 Å². The van der Waals surface area contributed by atoms with Gasteiger partial charge in [0.25, 0.3) is 5.91 Å². The number of aromatic amines is 1. The van der Waals surface area contributed by atoms with Crippen LogP contribution in [0.25, 0.3) is 22.2 Å². The van der Waals surface area contributed by atoms with Crippen molar-refractivity contribution in [1.82, 2.24) is 64.9 Å². The van der Waals surface area contributed by atoms with Crippen LogP contribution in [0, 0.1) is 11.8 Å². The fourth-order valence-electron chi connectivity index (χ4n) is 13.4. The van der Waals surface area contributed by atoms with Gasteiger partial charge in [-0.1, -0.05) is 54.9 Å². The second-order valence-electron chi connectivity index (χ2n) is 28.3. The van der Waals surface area contributed by atoms with Gasteiger partial charge in [-0.05, 0) is 139 Å². The Kier molecular flexibility index (Phi) is 22.7. The Balaban J connectivity index is 0.690. The Labute approximate surface area is 563 Å². The lowest BCUT2D eigenvalue weighted by Crippen LogP contribution is -2.64. The maximum Gasteiger partial charge on any atom is 0.410 e. The predicted molar refractivity (Wildman–Crippen MR) is 365 cm³/mol. The minimum atomic E-state index is -1.26. The molecule has 2 atom stereocenters. The van der Waals surface area contributed by atoms with Crippen LogP contribution in [0.5, 0.6) is 0 Å². The number of piperazine rings is 2. The quantitative estimate of drug-likeness (QED) is 0.0582. The SMILES string of the molecule is CCc1cccc(-c2cnc(C(=O)N3CCC(CN4CCN(CC(=O)N5CCN(CCC(NC(=O)C6(NC(=O)OC(C)(C)C)CCN(c7ncnc8[nH]ccc78)CC6)c6ccc(Cl)cc6)CC5)CC4)CC3)c(NC(=O)CN(CC3CCN(C)C(=O)C3)C(=O)OC(C)(C)C)c2)c1. The van der Waals surface area contributed by atoms with Gasteiger partial charge in [-0.15, -0.1) is 0 Å². The molecule has 25 heteroatoms. The summed E-state index contributed by atoms with van der Waals surface area (Å²) in [6, 6.07) is 18.9. The van der Waals surface area contributed by atoms with Crippen molar-refractivity contribution < 1.29 is 43.0 Å². The number of nitrogens with zero attached hydrogens (tertiary/aromatic N) is 11. The Morgan fingerprint density at radius 1 is 0.758 bits per heavy atom. The molecule has 5 saturated heterocycles. The number of hydrogen-bond acceptors (Lipinski definition) is 16. The van der Waals surface area contributed by atoms with Crippen molar-refractivity contribution >= 4 is 75.9 Å². The number of halogens is 1. The van der Waals surface area contributed by atoms with Crippen LogP contribution in [0.3, 0.4) is 0 Å². The maximum atomic E-state index is 14.8. The molecule has 0 saturated carbocycles. The van der Waals surface area contributed by atoms with E-state index in [0.29, 0.717) is 109 Å². The number of alkyl carbamates (subject to hydrolysis) is 1. The van der Waals surface area contributed by atoms with E-state index < -0.39 is 40.9 Å². The zero-order chi connectivity index (χ0) is 67.6. The smallest absolute Gasteiger partial charge is 0.410 e. The minimum absolute atomic E-state index is 0.0119. The van der Waals surface area contributed by atoms with Crippen LogP contribution in [-0.4, -0.2) is 238 Å². The van der Waals surface area contributed by atoms with Crippen LogP contribution >= 0.6 is 11.6 Å². The summed E-state index contributed by atoms with van der Waals surface area (Å²) in [4.78, 5) is 130. The number of hydrogen-bond donors (Lipinski definition) is 4. The molecule has 2 aromatic carbocycles. The van der Waals surface area contributed by atoms with Crippen LogP contribution in [0.4, 0.5) is 21.1 Å². The first-order valence-corrected chi connectivity index (χ1v) is 34.2. The van der Waals surface area contributed by atoms with Gasteiger partial charge in [0.1, 0.15) is 41.1 Å². The van der Waals surface area contributed by atoms with Crippen molar-refractivity contribution in [2.24, 2.45) is 11.8 Å². The molecule has 0 radical (unpaired) electrons. The predicted octanol–water partition coefficient (Wildman–Crippen LogP) is 7.71. The Morgan fingerprint density at radius 3 is 2.13 bits per heavy atom. The van der Waals surface area contributed by atoms with E-state index in [1.807, 2.05) is 64.5 Å². The number of aryl methyl sites for hydroxylation is 1. The summed E-state index contributed by atoms with van der Waals surface area (Å²) >= 11 is 6.37. The molecule has 8 heterocycles. The lowest BCUT2D eigenvalue weighted by atomic mass is 9.85. The third-order valence-corrected chi connectivity index (χ3v) is 19.2. The van der Waals surface area contributed by atoms with Crippen molar-refractivity contribution in [3.05, 3.63) is 101 Å². The lowest BCUT2D eigenvalue weighted by molar-refractivity contribution is -0.135. The van der Waals surface area contributed by atoms with Crippen LogP contribution in [0.1, 0.15) is 121 Å². The molecule has 0 aliphatic carbocycles. The molecule has 5 fully saturated rings. The Morgan fingerprint density at radius 2 is 1.44 bits per heavy atom. The topological polar surface area (TPSA) is 254 Å². The van der Waals surface area contributed by atoms with E-state index in [1.54, 1.807) is 65.8 Å².